The van der Waals surface area contributed by atoms with Crippen LogP contribution < -0.4 is 11.1 Å². The van der Waals surface area contributed by atoms with Crippen LogP contribution >= 0.6 is 11.6 Å². The van der Waals surface area contributed by atoms with Crippen LogP contribution in [0.5, 0.6) is 0 Å². The summed E-state index contributed by atoms with van der Waals surface area (Å²) >= 11 is 5.66. The first-order valence-corrected chi connectivity index (χ1v) is 5.22. The van der Waals surface area contributed by atoms with Gasteiger partial charge in [0.1, 0.15) is 6.10 Å². The van der Waals surface area contributed by atoms with Crippen LogP contribution in [0.2, 0.25) is 5.15 Å². The zero-order valence-electron chi connectivity index (χ0n) is 8.89. The lowest BCUT2D eigenvalue weighted by molar-refractivity contribution is 0.0113. The van der Waals surface area contributed by atoms with Gasteiger partial charge >= 0.3 is 0 Å². The fourth-order valence-electron chi connectivity index (χ4n) is 1.18. The van der Waals surface area contributed by atoms with Gasteiger partial charge in [-0.3, -0.25) is 0 Å². The number of rotatable bonds is 5. The highest BCUT2D eigenvalue weighted by Crippen LogP contribution is 2.20. The van der Waals surface area contributed by atoms with Crippen molar-refractivity contribution in [2.24, 2.45) is 0 Å². The zero-order chi connectivity index (χ0) is 12.1. The molecule has 0 aliphatic heterocycles. The van der Waals surface area contributed by atoms with Crippen LogP contribution in [0, 0.1) is 0 Å². The van der Waals surface area contributed by atoms with Gasteiger partial charge in [-0.05, 0) is 20.0 Å². The highest BCUT2D eigenvalue weighted by Gasteiger charge is 2.20. The van der Waals surface area contributed by atoms with Gasteiger partial charge in [0.05, 0.1) is 18.0 Å². The predicted octanol–water partition coefficient (Wildman–Crippen LogP) is -0.284. The predicted molar refractivity (Wildman–Crippen MR) is 61.0 cm³/mol. The second-order valence-corrected chi connectivity index (χ2v) is 3.73. The number of aliphatic hydroxyl groups is 2. The normalized spacial score (nSPS) is 14.8. The van der Waals surface area contributed by atoms with Crippen molar-refractivity contribution in [1.29, 1.82) is 0 Å². The van der Waals surface area contributed by atoms with E-state index in [2.05, 4.69) is 15.3 Å². The third kappa shape index (κ3) is 3.28. The van der Waals surface area contributed by atoms with Crippen LogP contribution in [-0.2, 0) is 0 Å². The molecule has 6 nitrogen and oxygen atoms in total. The number of nitrogens with one attached hydrogen (secondary N) is 1. The van der Waals surface area contributed by atoms with Gasteiger partial charge in [-0.2, -0.15) is 0 Å². The molecule has 16 heavy (non-hydrogen) atoms. The molecule has 1 aromatic heterocycles. The minimum Gasteiger partial charge on any atom is -0.390 e. The number of hydrogen-bond acceptors (Lipinski definition) is 6. The van der Waals surface area contributed by atoms with E-state index in [1.165, 1.54) is 6.20 Å². The lowest BCUT2D eigenvalue weighted by Gasteiger charge is -2.17. The number of hydrogen-bond donors (Lipinski definition) is 4. The maximum Gasteiger partial charge on any atom is 0.171 e. The van der Waals surface area contributed by atoms with E-state index in [0.717, 1.165) is 0 Å². The Morgan fingerprint density at radius 1 is 1.56 bits per heavy atom. The summed E-state index contributed by atoms with van der Waals surface area (Å²) in [6.45, 7) is 0.592. The summed E-state index contributed by atoms with van der Waals surface area (Å²) in [6.07, 6.45) is -0.323. The number of aromatic nitrogens is 2. The molecule has 0 bridgehead atoms. The summed E-state index contributed by atoms with van der Waals surface area (Å²) in [5.41, 5.74) is 5.60. The van der Waals surface area contributed by atoms with E-state index in [-0.39, 0.29) is 16.7 Å². The summed E-state index contributed by atoms with van der Waals surface area (Å²) in [7, 11) is 1.76. The summed E-state index contributed by atoms with van der Waals surface area (Å²) in [6, 6.07) is 0. The largest absolute Gasteiger partial charge is 0.390 e. The monoisotopic (exact) mass is 246 g/mol. The molecule has 5 N–H and O–H groups in total. The number of nitrogens with two attached hydrogens (primary N) is 1. The quantitative estimate of drug-likeness (QED) is 0.570. The van der Waals surface area contributed by atoms with E-state index >= 15 is 0 Å². The van der Waals surface area contributed by atoms with Crippen LogP contribution in [0.15, 0.2) is 6.20 Å². The number of aliphatic hydroxyl groups excluding tert-OH is 2. The Labute approximate surface area is 98.5 Å². The summed E-state index contributed by atoms with van der Waals surface area (Å²) in [5, 5.41) is 22.3. The standard InChI is InChI=1S/C9H15ClN4O2/c1-12-3-2-6(15)7(16)5-4-13-9(11)8(10)14-5/h4,6-7,12,15-16H,2-3H2,1H3,(H2,11,13). The smallest absolute Gasteiger partial charge is 0.171 e. The van der Waals surface area contributed by atoms with E-state index in [4.69, 9.17) is 17.3 Å². The minimum atomic E-state index is -1.11. The molecule has 0 aliphatic rings. The highest BCUT2D eigenvalue weighted by molar-refractivity contribution is 6.31. The van der Waals surface area contributed by atoms with Crippen LogP contribution in [0.4, 0.5) is 5.82 Å². The first kappa shape index (κ1) is 13.1. The van der Waals surface area contributed by atoms with Gasteiger partial charge in [0.25, 0.3) is 0 Å². The lowest BCUT2D eigenvalue weighted by atomic mass is 10.1. The molecule has 0 aromatic carbocycles. The van der Waals surface area contributed by atoms with Crippen molar-refractivity contribution >= 4 is 17.4 Å². The molecule has 0 saturated carbocycles. The summed E-state index contributed by atoms with van der Waals surface area (Å²) in [4.78, 5) is 7.61. The van der Waals surface area contributed by atoms with Crippen molar-refractivity contribution in [3.8, 4) is 0 Å². The summed E-state index contributed by atoms with van der Waals surface area (Å²) < 4.78 is 0. The number of halogens is 1. The third-order valence-electron chi connectivity index (χ3n) is 2.13. The Kier molecular flexibility index (Phi) is 4.88. The Bertz CT molecular complexity index is 350. The molecule has 0 saturated heterocycles. The Hall–Kier alpha value is -0.950. The molecule has 0 radical (unpaired) electrons. The van der Waals surface area contributed by atoms with Gasteiger partial charge < -0.3 is 21.3 Å². The van der Waals surface area contributed by atoms with Gasteiger partial charge in [0.2, 0.25) is 0 Å². The minimum absolute atomic E-state index is 0.0253. The van der Waals surface area contributed by atoms with Crippen molar-refractivity contribution < 1.29 is 10.2 Å². The first-order valence-electron chi connectivity index (χ1n) is 4.85. The van der Waals surface area contributed by atoms with E-state index in [9.17, 15) is 10.2 Å². The molecule has 1 rings (SSSR count). The van der Waals surface area contributed by atoms with E-state index in [1.807, 2.05) is 0 Å². The van der Waals surface area contributed by atoms with Gasteiger partial charge in [-0.25, -0.2) is 9.97 Å². The van der Waals surface area contributed by atoms with Crippen LogP contribution in [0.3, 0.4) is 0 Å². The van der Waals surface area contributed by atoms with Crippen molar-refractivity contribution in [3.05, 3.63) is 17.0 Å². The average Bonchev–Trinajstić information content (AvgIpc) is 2.28. The second kappa shape index (κ2) is 5.95. The molecular formula is C9H15ClN4O2. The number of nitrogens with zero attached hydrogens (tertiary/aromatic N) is 2. The fourth-order valence-corrected chi connectivity index (χ4v) is 1.32. The molecule has 0 aliphatic carbocycles. The van der Waals surface area contributed by atoms with Crippen LogP contribution in [-0.4, -0.2) is 39.9 Å². The van der Waals surface area contributed by atoms with Crippen molar-refractivity contribution in [1.82, 2.24) is 15.3 Å². The van der Waals surface area contributed by atoms with Gasteiger partial charge in [-0.1, -0.05) is 11.6 Å². The van der Waals surface area contributed by atoms with Crippen molar-refractivity contribution in [2.75, 3.05) is 19.3 Å². The molecule has 90 valence electrons. The Morgan fingerprint density at radius 2 is 2.25 bits per heavy atom. The second-order valence-electron chi connectivity index (χ2n) is 3.38. The maximum absolute atomic E-state index is 9.75. The summed E-state index contributed by atoms with van der Waals surface area (Å²) in [5.74, 6) is 0.0994. The SMILES string of the molecule is CNCCC(O)C(O)c1cnc(N)c(Cl)n1. The third-order valence-corrected chi connectivity index (χ3v) is 2.41. The van der Waals surface area contributed by atoms with Crippen LogP contribution in [0.1, 0.15) is 18.2 Å². The molecule has 0 amide bonds. The van der Waals surface area contributed by atoms with Gasteiger partial charge in [-0.15, -0.1) is 0 Å². The molecule has 1 heterocycles. The maximum atomic E-state index is 9.75. The highest BCUT2D eigenvalue weighted by atomic mass is 35.5. The number of anilines is 1. The van der Waals surface area contributed by atoms with Gasteiger partial charge in [0.15, 0.2) is 11.0 Å². The van der Waals surface area contributed by atoms with Crippen LogP contribution in [0.25, 0.3) is 0 Å². The van der Waals surface area contributed by atoms with E-state index < -0.39 is 12.2 Å². The first-order chi connectivity index (χ1) is 7.56. The Morgan fingerprint density at radius 3 is 2.81 bits per heavy atom. The molecule has 2 atom stereocenters. The van der Waals surface area contributed by atoms with E-state index in [0.29, 0.717) is 13.0 Å². The zero-order valence-corrected chi connectivity index (χ0v) is 9.65. The van der Waals surface area contributed by atoms with Gasteiger partial charge in [0, 0.05) is 0 Å². The number of nitrogen functional groups attached to an aromatic ring is 1. The van der Waals surface area contributed by atoms with Crippen molar-refractivity contribution in [2.45, 2.75) is 18.6 Å². The molecule has 7 heteroatoms. The molecule has 1 aromatic rings. The molecule has 0 spiro atoms. The fraction of sp³-hybridized carbons (Fsp3) is 0.556. The molecule has 0 fully saturated rings. The molecular weight excluding hydrogens is 232 g/mol. The van der Waals surface area contributed by atoms with Crippen molar-refractivity contribution in [3.63, 3.8) is 0 Å². The Balaban J connectivity index is 2.71. The van der Waals surface area contributed by atoms with E-state index in [1.54, 1.807) is 7.05 Å². The average molecular weight is 247 g/mol. The lowest BCUT2D eigenvalue weighted by Crippen LogP contribution is -2.24. The topological polar surface area (TPSA) is 104 Å². The molecule has 2 unspecified atom stereocenters.